The highest BCUT2D eigenvalue weighted by Crippen LogP contribution is 2.26. The minimum Gasteiger partial charge on any atom is -0.496 e. The molecule has 32 heavy (non-hydrogen) atoms. The number of primary amides is 1. The van der Waals surface area contributed by atoms with Crippen LogP contribution in [0.15, 0.2) is 84.9 Å². The van der Waals surface area contributed by atoms with Crippen LogP contribution in [0.4, 0.5) is 11.4 Å². The molecule has 0 aliphatic heterocycles. The van der Waals surface area contributed by atoms with Gasteiger partial charge in [0.2, 0.25) is 11.8 Å². The Kier molecular flexibility index (Phi) is 7.65. The number of rotatable bonds is 9. The number of hydrogen-bond donors (Lipinski definition) is 2. The minimum atomic E-state index is -0.425. The van der Waals surface area contributed by atoms with Crippen LogP contribution in [0.2, 0.25) is 0 Å². The number of methoxy groups -OCH3 is 1. The van der Waals surface area contributed by atoms with Crippen LogP contribution in [-0.2, 0) is 16.1 Å². The van der Waals surface area contributed by atoms with Gasteiger partial charge < -0.3 is 20.7 Å². The van der Waals surface area contributed by atoms with Gasteiger partial charge in [0.15, 0.2) is 0 Å². The van der Waals surface area contributed by atoms with E-state index in [0.717, 1.165) is 22.4 Å². The molecule has 0 heterocycles. The van der Waals surface area contributed by atoms with Crippen LogP contribution in [0.5, 0.6) is 5.75 Å². The smallest absolute Gasteiger partial charge is 0.248 e. The van der Waals surface area contributed by atoms with Crippen molar-refractivity contribution in [2.45, 2.75) is 13.5 Å². The van der Waals surface area contributed by atoms with Crippen LogP contribution < -0.4 is 20.7 Å². The van der Waals surface area contributed by atoms with Crippen LogP contribution in [0.25, 0.3) is 5.57 Å². The normalized spacial score (nSPS) is 11.0. The van der Waals surface area contributed by atoms with Gasteiger partial charge in [0.25, 0.3) is 0 Å². The molecule has 0 aliphatic carbocycles. The third kappa shape index (κ3) is 6.22. The molecule has 3 aromatic rings. The van der Waals surface area contributed by atoms with Crippen molar-refractivity contribution in [3.8, 4) is 5.75 Å². The maximum atomic E-state index is 12.6. The lowest BCUT2D eigenvalue weighted by molar-refractivity contribution is -0.116. The van der Waals surface area contributed by atoms with Gasteiger partial charge in [0.1, 0.15) is 5.75 Å². The van der Waals surface area contributed by atoms with E-state index in [1.807, 2.05) is 84.6 Å². The number of nitrogens with zero attached hydrogens (tertiary/aromatic N) is 1. The number of carbonyl (C=O) groups is 2. The lowest BCUT2D eigenvalue weighted by Crippen LogP contribution is -2.33. The number of benzene rings is 3. The molecule has 0 atom stereocenters. The highest BCUT2D eigenvalue weighted by Gasteiger charge is 2.12. The summed E-state index contributed by atoms with van der Waals surface area (Å²) in [5.41, 5.74) is 9.58. The van der Waals surface area contributed by atoms with E-state index in [1.54, 1.807) is 13.2 Å². The maximum Gasteiger partial charge on any atom is 0.248 e. The Morgan fingerprint density at radius 1 is 1.00 bits per heavy atom. The van der Waals surface area contributed by atoms with E-state index in [0.29, 0.717) is 18.0 Å². The molecule has 0 aromatic heterocycles. The number of anilines is 2. The maximum absolute atomic E-state index is 12.6. The Morgan fingerprint density at radius 2 is 1.72 bits per heavy atom. The number of hydrogen-bond acceptors (Lipinski definition) is 4. The van der Waals surface area contributed by atoms with Gasteiger partial charge in [-0.2, -0.15) is 0 Å². The first-order valence-electron chi connectivity index (χ1n) is 10.3. The van der Waals surface area contributed by atoms with Gasteiger partial charge in [0.05, 0.1) is 13.7 Å². The Morgan fingerprint density at radius 3 is 2.44 bits per heavy atom. The van der Waals surface area contributed by atoms with Crippen molar-refractivity contribution in [3.63, 3.8) is 0 Å². The fraction of sp³-hybridized carbons (Fsp3) is 0.154. The molecule has 3 N–H and O–H groups in total. The molecule has 0 bridgehead atoms. The molecule has 0 saturated carbocycles. The molecule has 0 aliphatic rings. The summed E-state index contributed by atoms with van der Waals surface area (Å²) in [4.78, 5) is 26.1. The number of carbonyl (C=O) groups excluding carboxylic acids is 2. The van der Waals surface area contributed by atoms with E-state index >= 15 is 0 Å². The van der Waals surface area contributed by atoms with Gasteiger partial charge in [-0.15, -0.1) is 0 Å². The van der Waals surface area contributed by atoms with E-state index < -0.39 is 5.91 Å². The van der Waals surface area contributed by atoms with Crippen LogP contribution >= 0.6 is 0 Å². The van der Waals surface area contributed by atoms with Gasteiger partial charge in [-0.1, -0.05) is 54.6 Å². The summed E-state index contributed by atoms with van der Waals surface area (Å²) in [6.45, 7) is 2.45. The summed E-state index contributed by atoms with van der Waals surface area (Å²) >= 11 is 0. The summed E-state index contributed by atoms with van der Waals surface area (Å²) in [5.74, 6) is 0.0276. The largest absolute Gasteiger partial charge is 0.496 e. The molecule has 0 unspecified atom stereocenters. The number of amides is 2. The Labute approximate surface area is 188 Å². The topological polar surface area (TPSA) is 84.7 Å². The van der Waals surface area contributed by atoms with E-state index in [9.17, 15) is 9.59 Å². The lowest BCUT2D eigenvalue weighted by Gasteiger charge is -2.24. The first-order chi connectivity index (χ1) is 15.5. The summed E-state index contributed by atoms with van der Waals surface area (Å²) in [6, 6.07) is 24.7. The van der Waals surface area contributed by atoms with Crippen molar-refractivity contribution in [1.82, 2.24) is 0 Å². The Balaban J connectivity index is 1.78. The van der Waals surface area contributed by atoms with Gasteiger partial charge in [0, 0.05) is 29.6 Å². The molecule has 164 valence electrons. The standard InChI is InChI=1S/C26H27N3O3/c1-19(23-13-6-7-14-24(23)32-2)15-26(31)28-21-11-8-12-22(16-21)29(18-25(27)30)17-20-9-4-3-5-10-20/h3-16H,17-18H2,1-2H3,(H2,27,30)(H,28,31)/b19-15+. The average Bonchev–Trinajstić information content (AvgIpc) is 2.79. The van der Waals surface area contributed by atoms with E-state index in [4.69, 9.17) is 10.5 Å². The first kappa shape index (κ1) is 22.6. The fourth-order valence-electron chi connectivity index (χ4n) is 3.43. The molecule has 6 nitrogen and oxygen atoms in total. The molecule has 2 amide bonds. The van der Waals surface area contributed by atoms with E-state index in [-0.39, 0.29) is 12.5 Å². The van der Waals surface area contributed by atoms with Crippen molar-refractivity contribution in [2.75, 3.05) is 23.9 Å². The zero-order chi connectivity index (χ0) is 22.9. The van der Waals surface area contributed by atoms with Gasteiger partial charge in [-0.3, -0.25) is 9.59 Å². The second-order valence-electron chi connectivity index (χ2n) is 7.38. The highest BCUT2D eigenvalue weighted by atomic mass is 16.5. The number of para-hydroxylation sites is 1. The average molecular weight is 430 g/mol. The van der Waals surface area contributed by atoms with E-state index in [2.05, 4.69) is 5.32 Å². The number of nitrogens with one attached hydrogen (secondary N) is 1. The third-order valence-corrected chi connectivity index (χ3v) is 4.92. The predicted octanol–water partition coefficient (Wildman–Crippen LogP) is 4.23. The third-order valence-electron chi connectivity index (χ3n) is 4.92. The van der Waals surface area contributed by atoms with E-state index in [1.165, 1.54) is 6.08 Å². The zero-order valence-electron chi connectivity index (χ0n) is 18.2. The SMILES string of the molecule is COc1ccccc1/C(C)=C/C(=O)Nc1cccc(N(CC(N)=O)Cc2ccccc2)c1. The van der Waals surface area contributed by atoms with Crippen molar-refractivity contribution in [3.05, 3.63) is 96.1 Å². The van der Waals surface area contributed by atoms with Crippen LogP contribution in [0.1, 0.15) is 18.1 Å². The second kappa shape index (κ2) is 10.8. The zero-order valence-corrected chi connectivity index (χ0v) is 18.2. The van der Waals surface area contributed by atoms with Crippen molar-refractivity contribution < 1.29 is 14.3 Å². The number of nitrogens with two attached hydrogens (primary N) is 1. The monoisotopic (exact) mass is 429 g/mol. The van der Waals surface area contributed by atoms with Crippen LogP contribution in [0, 0.1) is 0 Å². The predicted molar refractivity (Wildman–Crippen MR) is 128 cm³/mol. The second-order valence-corrected chi connectivity index (χ2v) is 7.38. The quantitative estimate of drug-likeness (QED) is 0.499. The van der Waals surface area contributed by atoms with Crippen molar-refractivity contribution in [1.29, 1.82) is 0 Å². The fourth-order valence-corrected chi connectivity index (χ4v) is 3.43. The molecular weight excluding hydrogens is 402 g/mol. The Bertz CT molecular complexity index is 1110. The minimum absolute atomic E-state index is 0.0686. The molecule has 0 fully saturated rings. The van der Waals surface area contributed by atoms with Crippen LogP contribution in [-0.4, -0.2) is 25.5 Å². The highest BCUT2D eigenvalue weighted by molar-refractivity contribution is 6.04. The molecule has 6 heteroatoms. The summed E-state index contributed by atoms with van der Waals surface area (Å²) < 4.78 is 5.37. The number of allylic oxidation sites excluding steroid dienone is 1. The summed E-state index contributed by atoms with van der Waals surface area (Å²) in [5, 5.41) is 2.89. The van der Waals surface area contributed by atoms with Crippen molar-refractivity contribution >= 4 is 28.8 Å². The first-order valence-corrected chi connectivity index (χ1v) is 10.3. The van der Waals surface area contributed by atoms with Crippen molar-refractivity contribution in [2.24, 2.45) is 5.73 Å². The lowest BCUT2D eigenvalue weighted by atomic mass is 10.1. The van der Waals surface area contributed by atoms with Gasteiger partial charge >= 0.3 is 0 Å². The molecule has 0 saturated heterocycles. The Hall–Kier alpha value is -4.06. The molecule has 0 radical (unpaired) electrons. The molecular formula is C26H27N3O3. The van der Waals surface area contributed by atoms with Gasteiger partial charge in [-0.05, 0) is 42.3 Å². The van der Waals surface area contributed by atoms with Crippen LogP contribution in [0.3, 0.4) is 0 Å². The molecule has 3 aromatic carbocycles. The summed E-state index contributed by atoms with van der Waals surface area (Å²) in [6.07, 6.45) is 1.54. The van der Waals surface area contributed by atoms with Gasteiger partial charge in [-0.25, -0.2) is 0 Å². The molecule has 3 rings (SSSR count). The molecule has 0 spiro atoms. The summed E-state index contributed by atoms with van der Waals surface area (Å²) in [7, 11) is 1.60. The number of ether oxygens (including phenoxy) is 1.